The summed E-state index contributed by atoms with van der Waals surface area (Å²) in [5.74, 6) is -0.408. The molecule has 1 aliphatic carbocycles. The van der Waals surface area contributed by atoms with Crippen molar-refractivity contribution >= 4 is 17.7 Å². The number of carbonyl (C=O) groups is 1. The van der Waals surface area contributed by atoms with Crippen LogP contribution in [0.5, 0.6) is 0 Å². The highest BCUT2D eigenvalue weighted by atomic mass is 32.2. The van der Waals surface area contributed by atoms with Gasteiger partial charge < -0.3 is 9.67 Å². The van der Waals surface area contributed by atoms with Gasteiger partial charge in [-0.1, -0.05) is 25.6 Å². The van der Waals surface area contributed by atoms with E-state index in [0.717, 1.165) is 18.3 Å². The number of thioether (sulfide) groups is 1. The van der Waals surface area contributed by atoms with E-state index in [-0.39, 0.29) is 16.7 Å². The Hall–Kier alpha value is -1.30. The molecule has 0 atom stereocenters. The lowest BCUT2D eigenvalue weighted by molar-refractivity contribution is -0.133. The zero-order valence-electron chi connectivity index (χ0n) is 11.1. The highest BCUT2D eigenvalue weighted by molar-refractivity contribution is 7.99. The van der Waals surface area contributed by atoms with Crippen LogP contribution < -0.4 is 5.56 Å². The van der Waals surface area contributed by atoms with Crippen molar-refractivity contribution in [1.82, 2.24) is 9.55 Å². The van der Waals surface area contributed by atoms with Crippen LogP contribution in [-0.4, -0.2) is 26.4 Å². The second-order valence-electron chi connectivity index (χ2n) is 5.38. The molecule has 1 aliphatic rings. The smallest absolute Gasteiger partial charge is 0.313 e. The maximum atomic E-state index is 11.3. The summed E-state index contributed by atoms with van der Waals surface area (Å²) in [5, 5.41) is 9.23. The summed E-state index contributed by atoms with van der Waals surface area (Å²) in [6.07, 6.45) is 4.08. The quantitative estimate of drug-likeness (QED) is 0.637. The van der Waals surface area contributed by atoms with Crippen molar-refractivity contribution in [3.8, 4) is 0 Å². The van der Waals surface area contributed by atoms with Gasteiger partial charge in [0.1, 0.15) is 0 Å². The van der Waals surface area contributed by atoms with Crippen molar-refractivity contribution in [1.29, 1.82) is 0 Å². The van der Waals surface area contributed by atoms with Crippen molar-refractivity contribution in [3.63, 3.8) is 0 Å². The Morgan fingerprint density at radius 3 is 2.79 bits per heavy atom. The fourth-order valence-corrected chi connectivity index (χ4v) is 2.89. The number of hydrogen-bond acceptors (Lipinski definition) is 4. The highest BCUT2D eigenvalue weighted by Crippen LogP contribution is 2.53. The van der Waals surface area contributed by atoms with Crippen LogP contribution in [0.15, 0.2) is 22.2 Å². The van der Waals surface area contributed by atoms with Crippen LogP contribution in [0.2, 0.25) is 0 Å². The molecule has 0 aliphatic heterocycles. The monoisotopic (exact) mass is 282 g/mol. The molecule has 1 aromatic heterocycles. The molecule has 0 saturated heterocycles. The number of carboxylic acid groups (broad SMARTS) is 1. The minimum absolute atomic E-state index is 0.0782. The lowest BCUT2D eigenvalue weighted by Crippen LogP contribution is -2.22. The SMILES string of the molecule is CC(C)C1(Cn2ccc(=O)nc2SCC(=O)O)CC1. The largest absolute Gasteiger partial charge is 0.481 e. The van der Waals surface area contributed by atoms with Gasteiger partial charge in [0.05, 0.1) is 5.75 Å². The summed E-state index contributed by atoms with van der Waals surface area (Å²) in [5.41, 5.74) is -0.0338. The number of carboxylic acids is 1. The molecule has 0 radical (unpaired) electrons. The van der Waals surface area contributed by atoms with Gasteiger partial charge in [-0.2, -0.15) is 4.98 Å². The van der Waals surface area contributed by atoms with Crippen LogP contribution >= 0.6 is 11.8 Å². The number of aromatic nitrogens is 2. The Balaban J connectivity index is 2.19. The molecule has 1 fully saturated rings. The molecule has 104 valence electrons. The van der Waals surface area contributed by atoms with E-state index in [1.165, 1.54) is 18.9 Å². The van der Waals surface area contributed by atoms with E-state index in [2.05, 4.69) is 18.8 Å². The van der Waals surface area contributed by atoms with Gasteiger partial charge in [0.25, 0.3) is 5.56 Å². The topological polar surface area (TPSA) is 72.2 Å². The second-order valence-corrected chi connectivity index (χ2v) is 6.32. The van der Waals surface area contributed by atoms with Crippen molar-refractivity contribution in [2.45, 2.75) is 38.4 Å². The average Bonchev–Trinajstić information content (AvgIpc) is 3.10. The second kappa shape index (κ2) is 5.36. The number of aliphatic carboxylic acids is 1. The molecular formula is C13H18N2O3S. The molecule has 6 heteroatoms. The maximum absolute atomic E-state index is 11.3. The van der Waals surface area contributed by atoms with Gasteiger partial charge in [0.15, 0.2) is 5.16 Å². The van der Waals surface area contributed by atoms with E-state index >= 15 is 0 Å². The average molecular weight is 282 g/mol. The lowest BCUT2D eigenvalue weighted by atomic mass is 9.92. The van der Waals surface area contributed by atoms with Gasteiger partial charge in [-0.05, 0) is 24.2 Å². The first kappa shape index (κ1) is 14.1. The summed E-state index contributed by atoms with van der Waals surface area (Å²) in [6.45, 7) is 5.21. The van der Waals surface area contributed by atoms with Crippen molar-refractivity contribution in [2.75, 3.05) is 5.75 Å². The molecule has 2 rings (SSSR count). The van der Waals surface area contributed by atoms with Crippen LogP contribution in [0.1, 0.15) is 26.7 Å². The molecule has 0 amide bonds. The van der Waals surface area contributed by atoms with Gasteiger partial charge in [0.2, 0.25) is 0 Å². The summed E-state index contributed by atoms with van der Waals surface area (Å²) >= 11 is 1.10. The molecule has 1 N–H and O–H groups in total. The van der Waals surface area contributed by atoms with Crippen molar-refractivity contribution < 1.29 is 9.90 Å². The molecule has 0 spiro atoms. The third-order valence-corrected chi connectivity index (χ3v) is 4.75. The van der Waals surface area contributed by atoms with E-state index in [0.29, 0.717) is 11.1 Å². The normalized spacial score (nSPS) is 16.6. The molecule has 0 bridgehead atoms. The van der Waals surface area contributed by atoms with Gasteiger partial charge in [-0.15, -0.1) is 0 Å². The third-order valence-electron chi connectivity index (χ3n) is 3.78. The fourth-order valence-electron chi connectivity index (χ4n) is 2.19. The number of nitrogens with zero attached hydrogens (tertiary/aromatic N) is 2. The standard InChI is InChI=1S/C13H18N2O3S/c1-9(2)13(4-5-13)8-15-6-3-10(16)14-12(15)19-7-11(17)18/h3,6,9H,4-5,7-8H2,1-2H3,(H,17,18). The molecule has 1 aromatic rings. The molecule has 1 saturated carbocycles. The number of hydrogen-bond donors (Lipinski definition) is 1. The third kappa shape index (κ3) is 3.37. The van der Waals surface area contributed by atoms with Crippen LogP contribution in [0, 0.1) is 11.3 Å². The minimum atomic E-state index is -0.903. The Labute approximate surface area is 116 Å². The predicted molar refractivity (Wildman–Crippen MR) is 73.4 cm³/mol. The van der Waals surface area contributed by atoms with E-state index in [1.54, 1.807) is 6.20 Å². The van der Waals surface area contributed by atoms with Gasteiger partial charge in [-0.25, -0.2) is 0 Å². The zero-order valence-corrected chi connectivity index (χ0v) is 11.9. The van der Waals surface area contributed by atoms with Gasteiger partial charge >= 0.3 is 5.97 Å². The first-order valence-corrected chi connectivity index (χ1v) is 7.34. The Morgan fingerprint density at radius 2 is 2.26 bits per heavy atom. The molecule has 19 heavy (non-hydrogen) atoms. The van der Waals surface area contributed by atoms with Gasteiger partial charge in [-0.3, -0.25) is 9.59 Å². The van der Waals surface area contributed by atoms with Crippen LogP contribution in [-0.2, 0) is 11.3 Å². The molecule has 0 aromatic carbocycles. The van der Waals surface area contributed by atoms with Crippen molar-refractivity contribution in [3.05, 3.63) is 22.6 Å². The van der Waals surface area contributed by atoms with Crippen LogP contribution in [0.25, 0.3) is 0 Å². The molecule has 0 unspecified atom stereocenters. The summed E-state index contributed by atoms with van der Waals surface area (Å²) in [4.78, 5) is 25.9. The molecule has 5 nitrogen and oxygen atoms in total. The van der Waals surface area contributed by atoms with Gasteiger partial charge in [0, 0.05) is 18.8 Å². The first-order chi connectivity index (χ1) is 8.93. The van der Waals surface area contributed by atoms with Crippen molar-refractivity contribution in [2.24, 2.45) is 11.3 Å². The minimum Gasteiger partial charge on any atom is -0.481 e. The van der Waals surface area contributed by atoms with E-state index in [9.17, 15) is 9.59 Å². The van der Waals surface area contributed by atoms with E-state index in [4.69, 9.17) is 5.11 Å². The maximum Gasteiger partial charge on any atom is 0.313 e. The van der Waals surface area contributed by atoms with Crippen LogP contribution in [0.3, 0.4) is 0 Å². The summed E-state index contributed by atoms with van der Waals surface area (Å²) < 4.78 is 1.92. The van der Waals surface area contributed by atoms with Crippen LogP contribution in [0.4, 0.5) is 0 Å². The zero-order chi connectivity index (χ0) is 14.0. The van der Waals surface area contributed by atoms with E-state index in [1.807, 2.05) is 4.57 Å². The highest BCUT2D eigenvalue weighted by Gasteiger charge is 2.45. The predicted octanol–water partition coefficient (Wildman–Crippen LogP) is 1.86. The van der Waals surface area contributed by atoms with E-state index < -0.39 is 5.97 Å². The fraction of sp³-hybridized carbons (Fsp3) is 0.615. The molecule has 1 heterocycles. The first-order valence-electron chi connectivity index (χ1n) is 6.35. The number of rotatable bonds is 6. The molecular weight excluding hydrogens is 264 g/mol. The summed E-state index contributed by atoms with van der Waals surface area (Å²) in [7, 11) is 0. The Kier molecular flexibility index (Phi) is 3.99. The Bertz CT molecular complexity index is 535. The lowest BCUT2D eigenvalue weighted by Gasteiger charge is -2.22. The summed E-state index contributed by atoms with van der Waals surface area (Å²) in [6, 6.07) is 1.43. The Morgan fingerprint density at radius 1 is 1.58 bits per heavy atom.